The molecule has 0 aliphatic carbocycles. The highest BCUT2D eigenvalue weighted by Crippen LogP contribution is 2.30. The summed E-state index contributed by atoms with van der Waals surface area (Å²) >= 11 is 0. The molecule has 0 saturated carbocycles. The highest BCUT2D eigenvalue weighted by Gasteiger charge is 2.12. The largest absolute Gasteiger partial charge is 0.493 e. The van der Waals surface area contributed by atoms with E-state index in [0.29, 0.717) is 24.7 Å². The van der Waals surface area contributed by atoms with Crippen LogP contribution >= 0.6 is 0 Å². The van der Waals surface area contributed by atoms with Gasteiger partial charge in [0.05, 0.1) is 18.4 Å². The van der Waals surface area contributed by atoms with Gasteiger partial charge in [-0.05, 0) is 55.3 Å². The molecule has 7 nitrogen and oxygen atoms in total. The second kappa shape index (κ2) is 10.7. The molecule has 0 radical (unpaired) electrons. The van der Waals surface area contributed by atoms with Gasteiger partial charge in [-0.25, -0.2) is 0 Å². The molecule has 3 aromatic rings. The number of amides is 1. The first-order valence-corrected chi connectivity index (χ1v) is 10.7. The number of nitrogens with zero attached hydrogens (tertiary/aromatic N) is 3. The van der Waals surface area contributed by atoms with Gasteiger partial charge < -0.3 is 23.8 Å². The van der Waals surface area contributed by atoms with Crippen LogP contribution in [0.2, 0.25) is 0 Å². The number of likely N-dealkylation sites (N-methyl/N-ethyl adjacent to an activating group) is 1. The minimum atomic E-state index is -0.0793. The average Bonchev–Trinajstić information content (AvgIpc) is 3.13. The fourth-order valence-corrected chi connectivity index (χ4v) is 3.31. The minimum absolute atomic E-state index is 0.0793. The van der Waals surface area contributed by atoms with Crippen LogP contribution in [0, 0.1) is 13.8 Å². The maximum atomic E-state index is 12.6. The number of hydrogen-bond acceptors (Lipinski definition) is 6. The zero-order valence-electron chi connectivity index (χ0n) is 20.1. The van der Waals surface area contributed by atoms with Crippen molar-refractivity contribution in [3.05, 3.63) is 76.7 Å². The van der Waals surface area contributed by atoms with E-state index >= 15 is 0 Å². The number of rotatable bonds is 9. The zero-order valence-corrected chi connectivity index (χ0v) is 20.1. The lowest BCUT2D eigenvalue weighted by atomic mass is 10.1. The Labute approximate surface area is 195 Å². The van der Waals surface area contributed by atoms with E-state index < -0.39 is 0 Å². The Morgan fingerprint density at radius 3 is 2.39 bits per heavy atom. The van der Waals surface area contributed by atoms with E-state index in [4.69, 9.17) is 14.0 Å². The maximum absolute atomic E-state index is 12.6. The van der Waals surface area contributed by atoms with E-state index in [0.717, 1.165) is 33.8 Å². The van der Waals surface area contributed by atoms with Crippen LogP contribution in [0.25, 0.3) is 6.08 Å². The molecule has 7 heteroatoms. The van der Waals surface area contributed by atoms with E-state index in [-0.39, 0.29) is 5.91 Å². The van der Waals surface area contributed by atoms with Crippen molar-refractivity contribution < 1.29 is 18.8 Å². The van der Waals surface area contributed by atoms with Crippen LogP contribution in [-0.4, -0.2) is 44.2 Å². The molecule has 0 unspecified atom stereocenters. The fraction of sp³-hybridized carbons (Fsp3) is 0.308. The van der Waals surface area contributed by atoms with Gasteiger partial charge in [0.25, 0.3) is 0 Å². The molecule has 0 fully saturated rings. The van der Waals surface area contributed by atoms with Crippen LogP contribution in [0.15, 0.2) is 53.1 Å². The van der Waals surface area contributed by atoms with Crippen molar-refractivity contribution in [2.45, 2.75) is 27.0 Å². The Hall–Kier alpha value is -3.74. The van der Waals surface area contributed by atoms with Gasteiger partial charge in [0.2, 0.25) is 5.91 Å². The number of carbonyl (C=O) groups excluding carboxylic acids is 1. The number of benzene rings is 2. The molecule has 1 amide bonds. The molecule has 33 heavy (non-hydrogen) atoms. The number of aromatic nitrogens is 1. The number of anilines is 1. The molecule has 0 bridgehead atoms. The van der Waals surface area contributed by atoms with Gasteiger partial charge in [0.1, 0.15) is 12.4 Å². The normalized spacial score (nSPS) is 11.0. The first-order chi connectivity index (χ1) is 15.8. The van der Waals surface area contributed by atoms with Gasteiger partial charge in [-0.2, -0.15) is 0 Å². The van der Waals surface area contributed by atoms with Crippen LogP contribution in [-0.2, 0) is 17.9 Å². The third-order valence-electron chi connectivity index (χ3n) is 5.41. The third-order valence-corrected chi connectivity index (χ3v) is 5.41. The first kappa shape index (κ1) is 23.9. The highest BCUT2D eigenvalue weighted by atomic mass is 16.5. The number of methoxy groups -OCH3 is 1. The Balaban J connectivity index is 1.62. The summed E-state index contributed by atoms with van der Waals surface area (Å²) in [5.74, 6) is 1.86. The highest BCUT2D eigenvalue weighted by molar-refractivity contribution is 5.91. The second-order valence-electron chi connectivity index (χ2n) is 8.09. The van der Waals surface area contributed by atoms with Crippen LogP contribution in [0.3, 0.4) is 0 Å². The number of aryl methyl sites for hydroxylation is 2. The summed E-state index contributed by atoms with van der Waals surface area (Å²) in [6.07, 6.45) is 3.34. The molecule has 0 aliphatic heterocycles. The quantitative estimate of drug-likeness (QED) is 0.444. The van der Waals surface area contributed by atoms with E-state index in [2.05, 4.69) is 5.16 Å². The maximum Gasteiger partial charge on any atom is 0.246 e. The van der Waals surface area contributed by atoms with E-state index in [9.17, 15) is 4.79 Å². The SMILES string of the molecule is COc1cc(/C=C/C(=O)N(C)Cc2ccc(N(C)C)cc2)ccc1OCc1c(C)noc1C. The van der Waals surface area contributed by atoms with Gasteiger partial charge in [0.15, 0.2) is 11.5 Å². The second-order valence-corrected chi connectivity index (χ2v) is 8.09. The summed E-state index contributed by atoms with van der Waals surface area (Å²) in [7, 11) is 7.38. The topological polar surface area (TPSA) is 68.0 Å². The Morgan fingerprint density at radius 1 is 1.06 bits per heavy atom. The van der Waals surface area contributed by atoms with Crippen molar-refractivity contribution >= 4 is 17.7 Å². The molecule has 2 aromatic carbocycles. The number of ether oxygens (including phenoxy) is 2. The smallest absolute Gasteiger partial charge is 0.246 e. The zero-order chi connectivity index (χ0) is 24.0. The molecule has 0 spiro atoms. The summed E-state index contributed by atoms with van der Waals surface area (Å²) in [5, 5.41) is 3.94. The number of hydrogen-bond donors (Lipinski definition) is 0. The average molecular weight is 450 g/mol. The van der Waals surface area contributed by atoms with Crippen molar-refractivity contribution in [1.29, 1.82) is 0 Å². The standard InChI is InChI=1S/C26H31N3O4/c1-18-23(19(2)33-27-18)17-32-24-13-9-20(15-25(24)31-6)10-14-26(30)29(5)16-21-7-11-22(12-8-21)28(3)4/h7-15H,16-17H2,1-6H3/b14-10+. The lowest BCUT2D eigenvalue weighted by Crippen LogP contribution is -2.24. The van der Waals surface area contributed by atoms with Crippen molar-refractivity contribution in [3.63, 3.8) is 0 Å². The van der Waals surface area contributed by atoms with Crippen LogP contribution in [0.1, 0.15) is 28.1 Å². The third kappa shape index (κ3) is 6.16. The Bertz CT molecular complexity index is 1100. The minimum Gasteiger partial charge on any atom is -0.493 e. The van der Waals surface area contributed by atoms with Crippen LogP contribution in [0.5, 0.6) is 11.5 Å². The van der Waals surface area contributed by atoms with Gasteiger partial charge in [-0.15, -0.1) is 0 Å². The van der Waals surface area contributed by atoms with Crippen LogP contribution in [0.4, 0.5) is 5.69 Å². The van der Waals surface area contributed by atoms with Gasteiger partial charge in [-0.1, -0.05) is 23.4 Å². The lowest BCUT2D eigenvalue weighted by Gasteiger charge is -2.17. The van der Waals surface area contributed by atoms with Crippen LogP contribution < -0.4 is 14.4 Å². The van der Waals surface area contributed by atoms with Crippen molar-refractivity contribution in [2.24, 2.45) is 0 Å². The van der Waals surface area contributed by atoms with Crippen molar-refractivity contribution in [2.75, 3.05) is 33.2 Å². The molecule has 0 saturated heterocycles. The summed E-state index contributed by atoms with van der Waals surface area (Å²) in [5.41, 5.74) is 4.77. The van der Waals surface area contributed by atoms with Gasteiger partial charge >= 0.3 is 0 Å². The van der Waals surface area contributed by atoms with Crippen molar-refractivity contribution in [1.82, 2.24) is 10.1 Å². The molecule has 1 heterocycles. The fourth-order valence-electron chi connectivity index (χ4n) is 3.31. The van der Waals surface area contributed by atoms with E-state index in [1.165, 1.54) is 0 Å². The Morgan fingerprint density at radius 2 is 1.79 bits per heavy atom. The Kier molecular flexibility index (Phi) is 7.77. The molecule has 0 atom stereocenters. The predicted octanol–water partition coefficient (Wildman–Crippen LogP) is 4.62. The van der Waals surface area contributed by atoms with Gasteiger partial charge in [0, 0.05) is 39.5 Å². The summed E-state index contributed by atoms with van der Waals surface area (Å²) in [4.78, 5) is 16.3. The van der Waals surface area contributed by atoms with Crippen molar-refractivity contribution in [3.8, 4) is 11.5 Å². The molecule has 1 aromatic heterocycles. The van der Waals surface area contributed by atoms with E-state index in [1.54, 1.807) is 31.2 Å². The monoisotopic (exact) mass is 449 g/mol. The molecule has 174 valence electrons. The molecular formula is C26H31N3O4. The van der Waals surface area contributed by atoms with Gasteiger partial charge in [-0.3, -0.25) is 4.79 Å². The number of carbonyl (C=O) groups is 1. The summed E-state index contributed by atoms with van der Waals surface area (Å²) in [6, 6.07) is 13.7. The molecule has 0 N–H and O–H groups in total. The predicted molar refractivity (Wildman–Crippen MR) is 130 cm³/mol. The first-order valence-electron chi connectivity index (χ1n) is 10.7. The lowest BCUT2D eigenvalue weighted by molar-refractivity contribution is -0.125. The molecule has 3 rings (SSSR count). The van der Waals surface area contributed by atoms with E-state index in [1.807, 2.05) is 75.3 Å². The summed E-state index contributed by atoms with van der Waals surface area (Å²) in [6.45, 7) is 4.62. The molecule has 0 aliphatic rings. The summed E-state index contributed by atoms with van der Waals surface area (Å²) < 4.78 is 16.6. The molecular weight excluding hydrogens is 418 g/mol.